The first-order valence-electron chi connectivity index (χ1n) is 8.18. The molecule has 0 fully saturated rings. The standard InChI is InChI=1S/C18H21N3O4/c1-11(2)9-23-10-15(16-5-4-6-24-16)20-17(22)13-7-14-12(3)21-25-18(14)19-8-13/h4-8,11,15H,9-10H2,1-3H3,(H,20,22)/t15-/m0/s1. The van der Waals surface area contributed by atoms with E-state index in [1.165, 1.54) is 6.20 Å². The number of nitrogens with zero attached hydrogens (tertiary/aromatic N) is 2. The van der Waals surface area contributed by atoms with Crippen LogP contribution >= 0.6 is 0 Å². The molecule has 1 N–H and O–H groups in total. The number of furan rings is 1. The van der Waals surface area contributed by atoms with Crippen molar-refractivity contribution in [2.45, 2.75) is 26.8 Å². The van der Waals surface area contributed by atoms with Gasteiger partial charge in [0, 0.05) is 12.8 Å². The van der Waals surface area contributed by atoms with E-state index < -0.39 is 0 Å². The predicted octanol–water partition coefficient (Wildman–Crippen LogP) is 3.27. The number of fused-ring (bicyclic) bond motifs is 1. The van der Waals surface area contributed by atoms with Crippen molar-refractivity contribution in [2.75, 3.05) is 13.2 Å². The number of ether oxygens (including phenoxy) is 1. The number of amides is 1. The highest BCUT2D eigenvalue weighted by Gasteiger charge is 2.20. The lowest BCUT2D eigenvalue weighted by atomic mass is 10.1. The van der Waals surface area contributed by atoms with Crippen LogP contribution in [-0.4, -0.2) is 29.3 Å². The Kier molecular flexibility index (Phi) is 5.14. The topological polar surface area (TPSA) is 90.4 Å². The first kappa shape index (κ1) is 17.2. The molecule has 0 spiro atoms. The van der Waals surface area contributed by atoms with Crippen LogP contribution in [-0.2, 0) is 4.74 Å². The van der Waals surface area contributed by atoms with Gasteiger partial charge in [0.2, 0.25) is 0 Å². The Morgan fingerprint density at radius 1 is 1.36 bits per heavy atom. The van der Waals surface area contributed by atoms with Gasteiger partial charge < -0.3 is 19.0 Å². The Labute approximate surface area is 145 Å². The quantitative estimate of drug-likeness (QED) is 0.708. The van der Waals surface area contributed by atoms with Crippen LogP contribution in [0.5, 0.6) is 0 Å². The maximum Gasteiger partial charge on any atom is 0.257 e. The largest absolute Gasteiger partial charge is 0.467 e. The number of rotatable bonds is 7. The summed E-state index contributed by atoms with van der Waals surface area (Å²) >= 11 is 0. The van der Waals surface area contributed by atoms with E-state index >= 15 is 0 Å². The third kappa shape index (κ3) is 4.06. The van der Waals surface area contributed by atoms with Crippen molar-refractivity contribution in [3.8, 4) is 0 Å². The normalized spacial score (nSPS) is 12.6. The molecule has 0 radical (unpaired) electrons. The molecule has 3 aromatic rings. The van der Waals surface area contributed by atoms with Crippen molar-refractivity contribution in [2.24, 2.45) is 5.92 Å². The highest BCUT2D eigenvalue weighted by Crippen LogP contribution is 2.19. The molecule has 1 atom stereocenters. The van der Waals surface area contributed by atoms with E-state index in [1.54, 1.807) is 25.3 Å². The van der Waals surface area contributed by atoms with Gasteiger partial charge in [-0.1, -0.05) is 19.0 Å². The number of hydrogen-bond donors (Lipinski definition) is 1. The van der Waals surface area contributed by atoms with Crippen molar-refractivity contribution in [1.82, 2.24) is 15.5 Å². The minimum Gasteiger partial charge on any atom is -0.467 e. The molecule has 0 aromatic carbocycles. The van der Waals surface area contributed by atoms with Crippen LogP contribution in [0.4, 0.5) is 0 Å². The number of carbonyl (C=O) groups is 1. The van der Waals surface area contributed by atoms with E-state index in [0.717, 1.165) is 5.39 Å². The zero-order valence-corrected chi connectivity index (χ0v) is 14.5. The summed E-state index contributed by atoms with van der Waals surface area (Å²) in [6.07, 6.45) is 3.04. The third-order valence-corrected chi connectivity index (χ3v) is 3.70. The van der Waals surface area contributed by atoms with E-state index in [-0.39, 0.29) is 11.9 Å². The van der Waals surface area contributed by atoms with Gasteiger partial charge in [0.1, 0.15) is 11.8 Å². The highest BCUT2D eigenvalue weighted by atomic mass is 16.5. The summed E-state index contributed by atoms with van der Waals surface area (Å²) in [6.45, 7) is 6.89. The van der Waals surface area contributed by atoms with E-state index in [0.29, 0.717) is 41.9 Å². The summed E-state index contributed by atoms with van der Waals surface area (Å²) in [5, 5.41) is 7.51. The molecule has 3 rings (SSSR count). The fraction of sp³-hybridized carbons (Fsp3) is 0.389. The highest BCUT2D eigenvalue weighted by molar-refractivity contribution is 5.97. The average molecular weight is 343 g/mol. The van der Waals surface area contributed by atoms with Gasteiger partial charge in [0.15, 0.2) is 0 Å². The number of carbonyl (C=O) groups excluding carboxylic acids is 1. The van der Waals surface area contributed by atoms with Crippen molar-refractivity contribution in [1.29, 1.82) is 0 Å². The SMILES string of the molecule is Cc1noc2ncc(C(=O)N[C@@H](COCC(C)C)c3ccco3)cc12. The summed E-state index contributed by atoms with van der Waals surface area (Å²) in [5.41, 5.74) is 1.54. The molecule has 0 saturated heterocycles. The molecule has 7 nitrogen and oxygen atoms in total. The molecule has 3 heterocycles. The zero-order chi connectivity index (χ0) is 17.8. The number of aromatic nitrogens is 2. The second kappa shape index (κ2) is 7.48. The van der Waals surface area contributed by atoms with E-state index in [4.69, 9.17) is 13.7 Å². The molecular formula is C18H21N3O4. The average Bonchev–Trinajstić information content (AvgIpc) is 3.24. The Morgan fingerprint density at radius 2 is 2.20 bits per heavy atom. The minimum absolute atomic E-state index is 0.260. The van der Waals surface area contributed by atoms with Crippen molar-refractivity contribution >= 4 is 17.0 Å². The fourth-order valence-electron chi connectivity index (χ4n) is 2.42. The van der Waals surface area contributed by atoms with E-state index in [2.05, 4.69) is 29.3 Å². The van der Waals surface area contributed by atoms with E-state index in [9.17, 15) is 4.79 Å². The van der Waals surface area contributed by atoms with Gasteiger partial charge in [-0.25, -0.2) is 4.98 Å². The van der Waals surface area contributed by atoms with Crippen molar-refractivity contribution < 1.29 is 18.5 Å². The fourth-order valence-corrected chi connectivity index (χ4v) is 2.42. The van der Waals surface area contributed by atoms with E-state index in [1.807, 2.05) is 6.07 Å². The molecule has 25 heavy (non-hydrogen) atoms. The van der Waals surface area contributed by atoms with Crippen LogP contribution in [0.1, 0.15) is 41.7 Å². The van der Waals surface area contributed by atoms with Gasteiger partial charge in [-0.05, 0) is 31.0 Å². The molecule has 0 aliphatic carbocycles. The third-order valence-electron chi connectivity index (χ3n) is 3.70. The second-order valence-corrected chi connectivity index (χ2v) is 6.32. The maximum absolute atomic E-state index is 12.6. The van der Waals surface area contributed by atoms with Gasteiger partial charge >= 0.3 is 0 Å². The predicted molar refractivity (Wildman–Crippen MR) is 91.1 cm³/mol. The van der Waals surface area contributed by atoms with Crippen LogP contribution in [0.15, 0.2) is 39.6 Å². The molecule has 132 valence electrons. The van der Waals surface area contributed by atoms with Crippen LogP contribution in [0.3, 0.4) is 0 Å². The number of hydrogen-bond acceptors (Lipinski definition) is 6. The Balaban J connectivity index is 1.75. The number of aryl methyl sites for hydroxylation is 1. The lowest BCUT2D eigenvalue weighted by Gasteiger charge is -2.17. The van der Waals surface area contributed by atoms with Gasteiger partial charge in [0.05, 0.1) is 29.5 Å². The molecular weight excluding hydrogens is 322 g/mol. The first-order chi connectivity index (χ1) is 12.0. The Bertz CT molecular complexity index is 839. The van der Waals surface area contributed by atoms with Crippen LogP contribution in [0.2, 0.25) is 0 Å². The van der Waals surface area contributed by atoms with Crippen LogP contribution in [0.25, 0.3) is 11.1 Å². The zero-order valence-electron chi connectivity index (χ0n) is 14.5. The van der Waals surface area contributed by atoms with Crippen molar-refractivity contribution in [3.05, 3.63) is 47.7 Å². The summed E-state index contributed by atoms with van der Waals surface area (Å²) in [6, 6.07) is 4.94. The lowest BCUT2D eigenvalue weighted by molar-refractivity contribution is 0.0730. The Hall–Kier alpha value is -2.67. The van der Waals surface area contributed by atoms with Gasteiger partial charge in [-0.2, -0.15) is 0 Å². The molecule has 0 aliphatic heterocycles. The molecule has 3 aromatic heterocycles. The van der Waals surface area contributed by atoms with Gasteiger partial charge in [-0.3, -0.25) is 4.79 Å². The summed E-state index contributed by atoms with van der Waals surface area (Å²) in [5.74, 6) is 0.799. The Morgan fingerprint density at radius 3 is 2.92 bits per heavy atom. The summed E-state index contributed by atoms with van der Waals surface area (Å²) in [4.78, 5) is 16.8. The number of nitrogens with one attached hydrogen (secondary N) is 1. The number of pyridine rings is 1. The molecule has 0 bridgehead atoms. The van der Waals surface area contributed by atoms with Gasteiger partial charge in [0.25, 0.3) is 11.6 Å². The minimum atomic E-state index is -0.375. The molecule has 0 aliphatic rings. The molecule has 0 unspecified atom stereocenters. The summed E-state index contributed by atoms with van der Waals surface area (Å²) in [7, 11) is 0. The molecule has 7 heteroatoms. The first-order valence-corrected chi connectivity index (χ1v) is 8.18. The van der Waals surface area contributed by atoms with Crippen molar-refractivity contribution in [3.63, 3.8) is 0 Å². The van der Waals surface area contributed by atoms with Crippen LogP contribution < -0.4 is 5.32 Å². The lowest BCUT2D eigenvalue weighted by Crippen LogP contribution is -2.31. The monoisotopic (exact) mass is 343 g/mol. The van der Waals surface area contributed by atoms with Gasteiger partial charge in [-0.15, -0.1) is 0 Å². The smallest absolute Gasteiger partial charge is 0.257 e. The summed E-state index contributed by atoms with van der Waals surface area (Å²) < 4.78 is 16.2. The molecule has 1 amide bonds. The maximum atomic E-state index is 12.6. The molecule has 0 saturated carbocycles. The van der Waals surface area contributed by atoms with Crippen LogP contribution in [0, 0.1) is 12.8 Å². The second-order valence-electron chi connectivity index (χ2n) is 6.32.